The normalized spacial score (nSPS) is 10.4. The van der Waals surface area contributed by atoms with Crippen LogP contribution in [0.1, 0.15) is 17.8 Å². The fraction of sp³-hybridized carbons (Fsp3) is 0.241. The van der Waals surface area contributed by atoms with Crippen molar-refractivity contribution >= 4 is 76.0 Å². The summed E-state index contributed by atoms with van der Waals surface area (Å²) in [4.78, 5) is 42.4. The predicted molar refractivity (Wildman–Crippen MR) is 178 cm³/mol. The van der Waals surface area contributed by atoms with Gasteiger partial charge in [-0.2, -0.15) is 4.98 Å². The smallest absolute Gasteiger partial charge is 0.326 e. The second-order valence-electron chi connectivity index (χ2n) is 9.63. The number of halogens is 3. The second kappa shape index (κ2) is 17.2. The zero-order valence-corrected chi connectivity index (χ0v) is 26.8. The maximum absolute atomic E-state index is 12.1. The topological polar surface area (TPSA) is 149 Å². The van der Waals surface area contributed by atoms with Crippen molar-refractivity contribution in [2.24, 2.45) is 0 Å². The molecule has 4 amide bonds. The first-order chi connectivity index (χ1) is 20.9. The fourth-order valence-electron chi connectivity index (χ4n) is 3.51. The van der Waals surface area contributed by atoms with E-state index in [0.717, 1.165) is 25.2 Å². The van der Waals surface area contributed by atoms with Crippen LogP contribution >= 0.6 is 34.8 Å². The van der Waals surface area contributed by atoms with Gasteiger partial charge in [0.2, 0.25) is 11.9 Å². The van der Waals surface area contributed by atoms with Gasteiger partial charge in [0.1, 0.15) is 11.0 Å². The molecule has 0 bridgehead atoms. The molecule has 0 spiro atoms. The summed E-state index contributed by atoms with van der Waals surface area (Å²) in [5, 5.41) is 15.2. The quantitative estimate of drug-likeness (QED) is 0.0937. The van der Waals surface area contributed by atoms with E-state index in [1.807, 2.05) is 27.1 Å². The first kappa shape index (κ1) is 34.3. The molecule has 2 heterocycles. The van der Waals surface area contributed by atoms with E-state index in [9.17, 15) is 9.59 Å². The Bertz CT molecular complexity index is 1520. The van der Waals surface area contributed by atoms with Gasteiger partial charge >= 0.3 is 12.1 Å². The summed E-state index contributed by atoms with van der Waals surface area (Å²) in [5.74, 6) is 1.09. The molecule has 0 radical (unpaired) electrons. The van der Waals surface area contributed by atoms with Crippen molar-refractivity contribution in [3.05, 3.63) is 87.2 Å². The van der Waals surface area contributed by atoms with E-state index in [2.05, 4.69) is 51.4 Å². The first-order valence-electron chi connectivity index (χ1n) is 13.4. The van der Waals surface area contributed by atoms with Crippen LogP contribution in [0.4, 0.5) is 38.7 Å². The average Bonchev–Trinajstić information content (AvgIpc) is 2.93. The molecule has 2 aromatic carbocycles. The molecule has 0 fully saturated rings. The monoisotopic (exact) mass is 658 g/mol. The van der Waals surface area contributed by atoms with Crippen molar-refractivity contribution in [1.82, 2.24) is 24.8 Å². The molecule has 0 aliphatic rings. The van der Waals surface area contributed by atoms with Gasteiger partial charge in [-0.3, -0.25) is 10.6 Å². The third-order valence-corrected chi connectivity index (χ3v) is 6.12. The lowest BCUT2D eigenvalue weighted by molar-refractivity contribution is 0.261. The fourth-order valence-corrected chi connectivity index (χ4v) is 4.00. The number of hydrogen-bond donors (Lipinski definition) is 5. The van der Waals surface area contributed by atoms with E-state index >= 15 is 0 Å². The number of nitrogens with one attached hydrogen (secondary N) is 5. The first-order valence-corrected chi connectivity index (χ1v) is 14.5. The number of rotatable bonds is 9. The minimum Gasteiger partial charge on any atom is -0.370 e. The van der Waals surface area contributed by atoms with Gasteiger partial charge in [0, 0.05) is 45.4 Å². The summed E-state index contributed by atoms with van der Waals surface area (Å²) in [6.07, 6.45) is 0.996. The van der Waals surface area contributed by atoms with Gasteiger partial charge < -0.3 is 20.9 Å². The van der Waals surface area contributed by atoms with Crippen molar-refractivity contribution in [1.29, 1.82) is 0 Å². The Morgan fingerprint density at radius 2 is 1.16 bits per heavy atom. The van der Waals surface area contributed by atoms with Gasteiger partial charge in [-0.15, -0.1) is 0 Å². The minimum atomic E-state index is -0.455. The van der Waals surface area contributed by atoms with Crippen LogP contribution in [0.2, 0.25) is 15.2 Å². The van der Waals surface area contributed by atoms with Gasteiger partial charge in [0.15, 0.2) is 0 Å². The van der Waals surface area contributed by atoms with Crippen LogP contribution in [0.5, 0.6) is 0 Å². The van der Waals surface area contributed by atoms with Crippen molar-refractivity contribution in [2.45, 2.75) is 20.3 Å². The molecule has 12 nitrogen and oxygen atoms in total. The molecule has 2 aromatic heterocycles. The number of anilines is 5. The summed E-state index contributed by atoms with van der Waals surface area (Å²) in [6.45, 7) is 5.40. The van der Waals surface area contributed by atoms with Crippen LogP contribution in [0, 0.1) is 13.8 Å². The number of nitrogens with zero attached hydrogens (tertiary/aromatic N) is 5. The molecule has 5 N–H and O–H groups in total. The Hall–Kier alpha value is -4.23. The van der Waals surface area contributed by atoms with E-state index in [-0.39, 0.29) is 17.0 Å². The zero-order chi connectivity index (χ0) is 32.1. The molecular weight excluding hydrogens is 627 g/mol. The Balaban J connectivity index is 0.000000249. The van der Waals surface area contributed by atoms with Gasteiger partial charge in [-0.1, -0.05) is 34.8 Å². The van der Waals surface area contributed by atoms with E-state index < -0.39 is 12.1 Å². The number of urea groups is 2. The van der Waals surface area contributed by atoms with Gasteiger partial charge in [0.05, 0.1) is 0 Å². The van der Waals surface area contributed by atoms with Crippen molar-refractivity contribution in [2.75, 3.05) is 53.8 Å². The Kier molecular flexibility index (Phi) is 13.4. The zero-order valence-electron chi connectivity index (χ0n) is 24.6. The molecule has 0 saturated carbocycles. The van der Waals surface area contributed by atoms with Crippen molar-refractivity contribution < 1.29 is 9.59 Å². The van der Waals surface area contributed by atoms with Crippen LogP contribution in [0.25, 0.3) is 0 Å². The maximum atomic E-state index is 12.1. The van der Waals surface area contributed by atoms with Crippen molar-refractivity contribution in [3.8, 4) is 0 Å². The maximum Gasteiger partial charge on any atom is 0.326 e. The summed E-state index contributed by atoms with van der Waals surface area (Å²) in [6, 6.07) is 16.2. The standard InChI is InChI=1S/C17H23ClN6O.C12H10Cl2N4O/c1-12-11-15(19-9-4-10-24(2)3)22-16(20-12)23-17(25)21-14-7-5-13(18)6-8-14;1-7-6-10(14)17-11(15-7)18-12(19)16-9-4-2-8(13)3-5-9/h5-8,11H,4,9-10H2,1-3H3,(H3,19,20,21,22,23,25);2-6H,1H3,(H2,15,16,17,18,19). The molecule has 0 atom stereocenters. The highest BCUT2D eigenvalue weighted by molar-refractivity contribution is 6.31. The lowest BCUT2D eigenvalue weighted by Gasteiger charge is -2.12. The highest BCUT2D eigenvalue weighted by Crippen LogP contribution is 2.16. The SMILES string of the molecule is Cc1cc(Cl)nc(NC(=O)Nc2ccc(Cl)cc2)n1.Cc1cc(NCCCN(C)C)nc(NC(=O)Nc2ccc(Cl)cc2)n1. The number of carbonyl (C=O) groups is 2. The number of amides is 4. The summed E-state index contributed by atoms with van der Waals surface area (Å²) in [5.41, 5.74) is 2.69. The van der Waals surface area contributed by atoms with E-state index in [1.165, 1.54) is 0 Å². The lowest BCUT2D eigenvalue weighted by Crippen LogP contribution is -2.21. The van der Waals surface area contributed by atoms with Gasteiger partial charge in [0.25, 0.3) is 0 Å². The Morgan fingerprint density at radius 3 is 1.64 bits per heavy atom. The van der Waals surface area contributed by atoms with Gasteiger partial charge in [-0.25, -0.2) is 24.5 Å². The third kappa shape index (κ3) is 13.0. The van der Waals surface area contributed by atoms with Crippen LogP contribution in [-0.4, -0.2) is 64.1 Å². The highest BCUT2D eigenvalue weighted by atomic mass is 35.5. The molecule has 0 unspecified atom stereocenters. The summed E-state index contributed by atoms with van der Waals surface area (Å²) < 4.78 is 0. The largest absolute Gasteiger partial charge is 0.370 e. The lowest BCUT2D eigenvalue weighted by atomic mass is 10.3. The number of aryl methyl sites for hydroxylation is 2. The molecule has 232 valence electrons. The predicted octanol–water partition coefficient (Wildman–Crippen LogP) is 7.18. The third-order valence-electron chi connectivity index (χ3n) is 5.42. The van der Waals surface area contributed by atoms with E-state index in [1.54, 1.807) is 61.5 Å². The van der Waals surface area contributed by atoms with Gasteiger partial charge in [-0.05, 0) is 95.5 Å². The molecule has 4 aromatic rings. The molecule has 0 aliphatic carbocycles. The number of hydrogen-bond acceptors (Lipinski definition) is 8. The molecule has 15 heteroatoms. The number of aromatic nitrogens is 4. The van der Waals surface area contributed by atoms with E-state index in [4.69, 9.17) is 34.8 Å². The highest BCUT2D eigenvalue weighted by Gasteiger charge is 2.08. The number of carbonyl (C=O) groups excluding carboxylic acids is 2. The Morgan fingerprint density at radius 1 is 0.682 bits per heavy atom. The molecule has 0 aliphatic heterocycles. The number of benzene rings is 2. The molecule has 4 rings (SSSR count). The summed E-state index contributed by atoms with van der Waals surface area (Å²) >= 11 is 17.3. The van der Waals surface area contributed by atoms with Crippen LogP contribution in [-0.2, 0) is 0 Å². The summed E-state index contributed by atoms with van der Waals surface area (Å²) in [7, 11) is 4.08. The van der Waals surface area contributed by atoms with E-state index in [0.29, 0.717) is 32.9 Å². The van der Waals surface area contributed by atoms with Crippen LogP contribution < -0.4 is 26.6 Å². The molecule has 0 saturated heterocycles. The van der Waals surface area contributed by atoms with Crippen molar-refractivity contribution in [3.63, 3.8) is 0 Å². The minimum absolute atomic E-state index is 0.150. The molecule has 44 heavy (non-hydrogen) atoms. The molecular formula is C29H33Cl3N10O2. The average molecular weight is 660 g/mol. The van der Waals surface area contributed by atoms with Crippen LogP contribution in [0.3, 0.4) is 0 Å². The van der Waals surface area contributed by atoms with Crippen LogP contribution in [0.15, 0.2) is 60.7 Å². The Labute approximate surface area is 271 Å². The second-order valence-corrected chi connectivity index (χ2v) is 10.9.